The van der Waals surface area contributed by atoms with Crippen LogP contribution >= 0.6 is 0 Å². The summed E-state index contributed by atoms with van der Waals surface area (Å²) in [5, 5.41) is 24.6. The average molecular weight is 342 g/mol. The summed E-state index contributed by atoms with van der Waals surface area (Å²) in [4.78, 5) is 17.6. The van der Waals surface area contributed by atoms with Crippen LogP contribution in [0.15, 0.2) is 11.4 Å². The molecule has 3 aliphatic rings. The molecular weight excluding hydrogens is 320 g/mol. The second kappa shape index (κ2) is 6.47. The standard InChI is InChI=1S/C17H22N6O2/c18-11-17(7-8-17)23-10-13(21-22-23)15(12-4-2-1-3-5-12)20-16(24)14-6-9-19-25-14/h9-10,12,14-15H,1-8H2,(H,20,24)/t14?,15-/m0/s1. The molecule has 1 aliphatic heterocycles. The number of nitrogens with zero attached hydrogens (tertiary/aromatic N) is 5. The van der Waals surface area contributed by atoms with Gasteiger partial charge in [-0.3, -0.25) is 4.79 Å². The first kappa shape index (κ1) is 16.1. The molecule has 1 amide bonds. The molecular formula is C17H22N6O2. The lowest BCUT2D eigenvalue weighted by atomic mass is 9.82. The molecule has 8 heteroatoms. The van der Waals surface area contributed by atoms with Crippen LogP contribution in [-0.2, 0) is 15.2 Å². The fraction of sp³-hybridized carbons (Fsp3) is 0.706. The van der Waals surface area contributed by atoms with E-state index in [0.29, 0.717) is 12.3 Å². The highest BCUT2D eigenvalue weighted by molar-refractivity contribution is 5.85. The van der Waals surface area contributed by atoms with E-state index in [2.05, 4.69) is 26.9 Å². The van der Waals surface area contributed by atoms with E-state index < -0.39 is 11.6 Å². The maximum Gasteiger partial charge on any atom is 0.264 e. The van der Waals surface area contributed by atoms with Crippen LogP contribution in [0.25, 0.3) is 0 Å². The number of hydrogen-bond acceptors (Lipinski definition) is 6. The van der Waals surface area contributed by atoms with Crippen LogP contribution in [0.1, 0.15) is 63.1 Å². The normalized spacial score (nSPS) is 25.8. The van der Waals surface area contributed by atoms with Crippen molar-refractivity contribution in [1.82, 2.24) is 20.3 Å². The number of hydrogen-bond donors (Lipinski definition) is 1. The number of nitrogens with one attached hydrogen (secondary N) is 1. The molecule has 2 fully saturated rings. The van der Waals surface area contributed by atoms with Crippen molar-refractivity contribution >= 4 is 12.1 Å². The molecule has 132 valence electrons. The number of carbonyl (C=O) groups excluding carboxylic acids is 1. The summed E-state index contributed by atoms with van der Waals surface area (Å²) >= 11 is 0. The highest BCUT2D eigenvalue weighted by Crippen LogP contribution is 2.42. The largest absolute Gasteiger partial charge is 0.382 e. The Kier molecular flexibility index (Phi) is 4.15. The molecule has 2 heterocycles. The van der Waals surface area contributed by atoms with Crippen LogP contribution in [0.2, 0.25) is 0 Å². The van der Waals surface area contributed by atoms with Crippen LogP contribution in [-0.4, -0.2) is 33.2 Å². The summed E-state index contributed by atoms with van der Waals surface area (Å²) in [7, 11) is 0. The minimum atomic E-state index is -0.560. The summed E-state index contributed by atoms with van der Waals surface area (Å²) in [6.07, 6.45) is 10.7. The predicted octanol–water partition coefficient (Wildman–Crippen LogP) is 1.80. The van der Waals surface area contributed by atoms with Crippen LogP contribution in [0.4, 0.5) is 0 Å². The smallest absolute Gasteiger partial charge is 0.264 e. The van der Waals surface area contributed by atoms with Gasteiger partial charge in [-0.1, -0.05) is 29.6 Å². The summed E-state index contributed by atoms with van der Waals surface area (Å²) < 4.78 is 1.67. The van der Waals surface area contributed by atoms with Crippen molar-refractivity contribution in [3.63, 3.8) is 0 Å². The van der Waals surface area contributed by atoms with Crippen LogP contribution in [0.5, 0.6) is 0 Å². The molecule has 2 aliphatic carbocycles. The predicted molar refractivity (Wildman–Crippen MR) is 88.3 cm³/mol. The molecule has 1 aromatic heterocycles. The summed E-state index contributed by atoms with van der Waals surface area (Å²) in [5.41, 5.74) is 0.204. The number of aromatic nitrogens is 3. The SMILES string of the molecule is N#CC1(n2cc([C@@H](NC(=O)C3CC=NO3)C3CCCCC3)nn2)CC1. The maximum atomic E-state index is 12.5. The fourth-order valence-electron chi connectivity index (χ4n) is 3.74. The van der Waals surface area contributed by atoms with E-state index in [1.807, 2.05) is 6.20 Å². The third kappa shape index (κ3) is 3.11. The molecule has 1 aromatic rings. The molecule has 4 rings (SSSR count). The van der Waals surface area contributed by atoms with Crippen molar-refractivity contribution in [2.45, 2.75) is 69.1 Å². The molecule has 2 atom stereocenters. The lowest BCUT2D eigenvalue weighted by Crippen LogP contribution is -2.40. The molecule has 0 aromatic carbocycles. The maximum absolute atomic E-state index is 12.5. The second-order valence-electron chi connectivity index (χ2n) is 7.23. The van der Waals surface area contributed by atoms with Crippen LogP contribution in [0, 0.1) is 17.2 Å². The monoisotopic (exact) mass is 342 g/mol. The summed E-state index contributed by atoms with van der Waals surface area (Å²) in [6, 6.07) is 2.13. The molecule has 25 heavy (non-hydrogen) atoms. The first-order valence-electron chi connectivity index (χ1n) is 9.04. The van der Waals surface area contributed by atoms with E-state index >= 15 is 0 Å². The van der Waals surface area contributed by atoms with Gasteiger partial charge in [-0.25, -0.2) is 4.68 Å². The Hall–Kier alpha value is -2.43. The lowest BCUT2D eigenvalue weighted by molar-refractivity contribution is -0.132. The molecule has 1 unspecified atom stereocenters. The number of amides is 1. The zero-order valence-corrected chi connectivity index (χ0v) is 14.1. The zero-order chi connectivity index (χ0) is 17.3. The Balaban J connectivity index is 1.54. The molecule has 8 nitrogen and oxygen atoms in total. The number of oxime groups is 1. The second-order valence-corrected chi connectivity index (χ2v) is 7.23. The molecule has 0 spiro atoms. The van der Waals surface area contributed by atoms with Gasteiger partial charge in [-0.05, 0) is 31.6 Å². The van der Waals surface area contributed by atoms with Crippen molar-refractivity contribution in [3.8, 4) is 6.07 Å². The number of nitriles is 1. The summed E-state index contributed by atoms with van der Waals surface area (Å²) in [6.45, 7) is 0. The van der Waals surface area contributed by atoms with Crippen molar-refractivity contribution < 1.29 is 9.63 Å². The van der Waals surface area contributed by atoms with E-state index in [4.69, 9.17) is 4.84 Å². The van der Waals surface area contributed by atoms with E-state index in [-0.39, 0.29) is 11.9 Å². The van der Waals surface area contributed by atoms with Gasteiger partial charge in [0.15, 0.2) is 5.54 Å². The third-order valence-corrected chi connectivity index (χ3v) is 5.49. The highest BCUT2D eigenvalue weighted by Gasteiger charge is 2.47. The topological polar surface area (TPSA) is 105 Å². The molecule has 2 saturated carbocycles. The fourth-order valence-corrected chi connectivity index (χ4v) is 3.74. The zero-order valence-electron chi connectivity index (χ0n) is 14.1. The van der Waals surface area contributed by atoms with Crippen molar-refractivity contribution in [2.75, 3.05) is 0 Å². The van der Waals surface area contributed by atoms with Gasteiger partial charge in [-0.2, -0.15) is 5.26 Å². The Morgan fingerprint density at radius 2 is 2.20 bits per heavy atom. The first-order valence-corrected chi connectivity index (χ1v) is 9.04. The molecule has 0 bridgehead atoms. The van der Waals surface area contributed by atoms with E-state index in [0.717, 1.165) is 44.2 Å². The van der Waals surface area contributed by atoms with Crippen molar-refractivity contribution in [2.24, 2.45) is 11.1 Å². The van der Waals surface area contributed by atoms with Crippen LogP contribution < -0.4 is 5.32 Å². The van der Waals surface area contributed by atoms with E-state index in [1.54, 1.807) is 10.9 Å². The quantitative estimate of drug-likeness (QED) is 0.878. The van der Waals surface area contributed by atoms with Gasteiger partial charge >= 0.3 is 0 Å². The highest BCUT2D eigenvalue weighted by atomic mass is 16.6. The molecule has 0 radical (unpaired) electrons. The van der Waals surface area contributed by atoms with Gasteiger partial charge in [0, 0.05) is 12.6 Å². The van der Waals surface area contributed by atoms with Gasteiger partial charge in [0.2, 0.25) is 6.10 Å². The van der Waals surface area contributed by atoms with Crippen molar-refractivity contribution in [3.05, 3.63) is 11.9 Å². The Morgan fingerprint density at radius 1 is 1.40 bits per heavy atom. The Morgan fingerprint density at radius 3 is 2.84 bits per heavy atom. The first-order chi connectivity index (χ1) is 12.2. The van der Waals surface area contributed by atoms with E-state index in [1.165, 1.54) is 6.42 Å². The van der Waals surface area contributed by atoms with Gasteiger partial charge in [-0.15, -0.1) is 5.10 Å². The van der Waals surface area contributed by atoms with Crippen molar-refractivity contribution in [1.29, 1.82) is 5.26 Å². The number of rotatable bonds is 5. The minimum absolute atomic E-state index is 0.163. The third-order valence-electron chi connectivity index (χ3n) is 5.49. The Bertz CT molecular complexity index is 703. The molecule has 0 saturated heterocycles. The van der Waals surface area contributed by atoms with Gasteiger partial charge < -0.3 is 10.2 Å². The summed E-state index contributed by atoms with van der Waals surface area (Å²) in [5.74, 6) is 0.173. The average Bonchev–Trinajstić information content (AvgIpc) is 3.05. The number of carbonyl (C=O) groups is 1. The van der Waals surface area contributed by atoms with Gasteiger partial charge in [0.05, 0.1) is 18.3 Å². The van der Waals surface area contributed by atoms with Gasteiger partial charge in [0.25, 0.3) is 5.91 Å². The lowest BCUT2D eigenvalue weighted by Gasteiger charge is -2.30. The molecule has 1 N–H and O–H groups in total. The minimum Gasteiger partial charge on any atom is -0.382 e. The van der Waals surface area contributed by atoms with Crippen LogP contribution in [0.3, 0.4) is 0 Å². The van der Waals surface area contributed by atoms with E-state index in [9.17, 15) is 10.1 Å². The Labute approximate surface area is 146 Å². The van der Waals surface area contributed by atoms with Gasteiger partial charge in [0.1, 0.15) is 5.69 Å².